The second kappa shape index (κ2) is 4.82. The first-order valence-corrected chi connectivity index (χ1v) is 5.15. The molecule has 0 aliphatic rings. The molecular formula is C15H18. The lowest BCUT2D eigenvalue weighted by Crippen LogP contribution is -1.93. The number of benzene rings is 1. The summed E-state index contributed by atoms with van der Waals surface area (Å²) in [4.78, 5) is 0. The maximum Gasteiger partial charge on any atom is -0.00663 e. The zero-order valence-electron chi connectivity index (χ0n) is 9.85. The maximum absolute atomic E-state index is 3.95. The molecule has 1 aromatic rings. The van der Waals surface area contributed by atoms with Crippen LogP contribution in [-0.4, -0.2) is 0 Å². The van der Waals surface area contributed by atoms with Crippen LogP contribution in [-0.2, 0) is 6.42 Å². The Balaban J connectivity index is 3.27. The first-order chi connectivity index (χ1) is 7.04. The topological polar surface area (TPSA) is 0 Å². The first-order valence-electron chi connectivity index (χ1n) is 5.15. The van der Waals surface area contributed by atoms with Crippen LogP contribution in [0.5, 0.6) is 0 Å². The molecule has 0 fully saturated rings. The van der Waals surface area contributed by atoms with Crippen LogP contribution in [0.4, 0.5) is 0 Å². The van der Waals surface area contributed by atoms with Gasteiger partial charge in [-0.25, -0.2) is 0 Å². The van der Waals surface area contributed by atoms with Gasteiger partial charge in [-0.05, 0) is 55.5 Å². The molecule has 78 valence electrons. The molecule has 1 rings (SSSR count). The van der Waals surface area contributed by atoms with Crippen LogP contribution >= 0.6 is 0 Å². The van der Waals surface area contributed by atoms with E-state index in [1.54, 1.807) is 0 Å². The summed E-state index contributed by atoms with van der Waals surface area (Å²) in [5.74, 6) is 0. The summed E-state index contributed by atoms with van der Waals surface area (Å²) in [5.41, 5.74) is 9.16. The van der Waals surface area contributed by atoms with Gasteiger partial charge in [0.2, 0.25) is 0 Å². The molecule has 0 aromatic heterocycles. The average molecular weight is 198 g/mol. The molecule has 0 spiro atoms. The van der Waals surface area contributed by atoms with Gasteiger partial charge in [-0.2, -0.15) is 0 Å². The number of aryl methyl sites for hydroxylation is 2. The van der Waals surface area contributed by atoms with Crippen molar-refractivity contribution in [1.29, 1.82) is 0 Å². The molecule has 0 saturated heterocycles. The zero-order chi connectivity index (χ0) is 11.4. The summed E-state index contributed by atoms with van der Waals surface area (Å²) >= 11 is 0. The van der Waals surface area contributed by atoms with Gasteiger partial charge in [0.1, 0.15) is 0 Å². The van der Waals surface area contributed by atoms with Crippen LogP contribution in [0, 0.1) is 13.8 Å². The van der Waals surface area contributed by atoms with E-state index in [0.29, 0.717) is 0 Å². The van der Waals surface area contributed by atoms with E-state index in [1.165, 1.54) is 27.8 Å². The molecule has 0 aliphatic carbocycles. The smallest absolute Gasteiger partial charge is 0.00663 e. The van der Waals surface area contributed by atoms with Gasteiger partial charge in [-0.3, -0.25) is 0 Å². The number of allylic oxidation sites excluding steroid dienone is 1. The molecule has 15 heavy (non-hydrogen) atoms. The van der Waals surface area contributed by atoms with Gasteiger partial charge in [-0.15, -0.1) is 5.73 Å². The molecule has 0 saturated carbocycles. The summed E-state index contributed by atoms with van der Waals surface area (Å²) < 4.78 is 0. The van der Waals surface area contributed by atoms with Crippen LogP contribution in [0.15, 0.2) is 36.6 Å². The summed E-state index contributed by atoms with van der Waals surface area (Å²) in [6, 6.07) is 4.42. The fraction of sp³-hybridized carbons (Fsp3) is 0.267. The number of hydrogen-bond donors (Lipinski definition) is 0. The monoisotopic (exact) mass is 198 g/mol. The molecule has 0 unspecified atom stereocenters. The lowest BCUT2D eigenvalue weighted by molar-refractivity contribution is 1.13. The fourth-order valence-electron chi connectivity index (χ4n) is 1.62. The molecule has 0 nitrogen and oxygen atoms in total. The third kappa shape index (κ3) is 2.97. The van der Waals surface area contributed by atoms with E-state index in [0.717, 1.165) is 6.42 Å². The van der Waals surface area contributed by atoms with Crippen molar-refractivity contribution < 1.29 is 0 Å². The molecule has 0 N–H and O–H groups in total. The Kier molecular flexibility index (Phi) is 3.71. The number of rotatable bonds is 3. The minimum atomic E-state index is 0.925. The third-order valence-electron chi connectivity index (χ3n) is 2.51. The van der Waals surface area contributed by atoms with E-state index in [9.17, 15) is 0 Å². The quantitative estimate of drug-likeness (QED) is 0.504. The van der Waals surface area contributed by atoms with E-state index < -0.39 is 0 Å². The van der Waals surface area contributed by atoms with Gasteiger partial charge < -0.3 is 0 Å². The fourth-order valence-corrected chi connectivity index (χ4v) is 1.62. The summed E-state index contributed by atoms with van der Waals surface area (Å²) in [6.45, 7) is 13.9. The lowest BCUT2D eigenvalue weighted by atomic mass is 9.96. The Bertz CT molecular complexity index is 430. The Morgan fingerprint density at radius 2 is 1.93 bits per heavy atom. The van der Waals surface area contributed by atoms with E-state index in [4.69, 9.17) is 0 Å². The Labute approximate surface area is 92.6 Å². The molecule has 0 amide bonds. The largest absolute Gasteiger partial charge is 0.128 e. The first kappa shape index (κ1) is 11.6. The van der Waals surface area contributed by atoms with Crippen LogP contribution in [0.25, 0.3) is 6.08 Å². The van der Waals surface area contributed by atoms with Crippen LogP contribution in [0.1, 0.15) is 29.2 Å². The van der Waals surface area contributed by atoms with Crippen molar-refractivity contribution in [3.63, 3.8) is 0 Å². The minimum Gasteiger partial charge on any atom is -0.128 e. The molecule has 0 radical (unpaired) electrons. The second-order valence-corrected chi connectivity index (χ2v) is 4.12. The van der Waals surface area contributed by atoms with Crippen LogP contribution < -0.4 is 0 Å². The van der Waals surface area contributed by atoms with Crippen molar-refractivity contribution in [3.8, 4) is 0 Å². The molecule has 0 atom stereocenters. The van der Waals surface area contributed by atoms with Gasteiger partial charge in [-0.1, -0.05) is 30.9 Å². The Hall–Kier alpha value is -1.52. The molecule has 0 heterocycles. The van der Waals surface area contributed by atoms with Crippen molar-refractivity contribution in [2.75, 3.05) is 0 Å². The predicted octanol–water partition coefficient (Wildman–Crippen LogP) is 4.22. The zero-order valence-corrected chi connectivity index (χ0v) is 9.85. The molecule has 1 aromatic carbocycles. The van der Waals surface area contributed by atoms with Crippen molar-refractivity contribution >= 4 is 6.08 Å². The lowest BCUT2D eigenvalue weighted by Gasteiger charge is -2.09. The number of hydrogen-bond acceptors (Lipinski definition) is 0. The van der Waals surface area contributed by atoms with Gasteiger partial charge in [0.15, 0.2) is 0 Å². The second-order valence-electron chi connectivity index (χ2n) is 4.12. The van der Waals surface area contributed by atoms with Crippen LogP contribution in [0.2, 0.25) is 0 Å². The van der Waals surface area contributed by atoms with E-state index in [1.807, 2.05) is 6.08 Å². The Morgan fingerprint density at radius 1 is 1.33 bits per heavy atom. The molecule has 0 heteroatoms. The highest BCUT2D eigenvalue weighted by Crippen LogP contribution is 2.19. The summed E-state index contributed by atoms with van der Waals surface area (Å²) in [6.07, 6.45) is 2.86. The van der Waals surface area contributed by atoms with Gasteiger partial charge in [0.25, 0.3) is 0 Å². The summed E-state index contributed by atoms with van der Waals surface area (Å²) in [7, 11) is 0. The van der Waals surface area contributed by atoms with E-state index >= 15 is 0 Å². The molecule has 0 bridgehead atoms. The van der Waals surface area contributed by atoms with Gasteiger partial charge in [0, 0.05) is 0 Å². The van der Waals surface area contributed by atoms with Gasteiger partial charge >= 0.3 is 0 Å². The molecule has 0 aliphatic heterocycles. The van der Waals surface area contributed by atoms with Gasteiger partial charge in [0.05, 0.1) is 0 Å². The normalized spacial score (nSPS) is 9.53. The highest BCUT2D eigenvalue weighted by atomic mass is 14.1. The molecular weight excluding hydrogens is 180 g/mol. The van der Waals surface area contributed by atoms with E-state index in [-0.39, 0.29) is 0 Å². The highest BCUT2D eigenvalue weighted by Gasteiger charge is 2.03. The van der Waals surface area contributed by atoms with E-state index in [2.05, 4.69) is 51.8 Å². The summed E-state index contributed by atoms with van der Waals surface area (Å²) in [5, 5.41) is 0. The average Bonchev–Trinajstić information content (AvgIpc) is 2.13. The SMILES string of the molecule is C=C=Cc1cc(C)c(C)cc1CC(=C)C. The van der Waals surface area contributed by atoms with Crippen LogP contribution in [0.3, 0.4) is 0 Å². The minimum absolute atomic E-state index is 0.925. The van der Waals surface area contributed by atoms with Crippen molar-refractivity contribution in [2.45, 2.75) is 27.2 Å². The maximum atomic E-state index is 3.95. The van der Waals surface area contributed by atoms with Crippen molar-refractivity contribution in [3.05, 3.63) is 58.8 Å². The van der Waals surface area contributed by atoms with Crippen molar-refractivity contribution in [2.24, 2.45) is 0 Å². The predicted molar refractivity (Wildman–Crippen MR) is 68.0 cm³/mol. The van der Waals surface area contributed by atoms with Crippen molar-refractivity contribution in [1.82, 2.24) is 0 Å². The third-order valence-corrected chi connectivity index (χ3v) is 2.51. The standard InChI is InChI=1S/C15H18/c1-6-7-14-9-12(4)13(5)10-15(14)8-11(2)3/h7,9-10H,1-2,8H2,3-5H3. The highest BCUT2D eigenvalue weighted by molar-refractivity contribution is 5.56. The Morgan fingerprint density at radius 3 is 2.47 bits per heavy atom.